The van der Waals surface area contributed by atoms with Crippen molar-refractivity contribution < 1.29 is 35.5 Å². The second-order valence-corrected chi connectivity index (χ2v) is 9.21. The number of nitrogens with zero attached hydrogens (tertiary/aromatic N) is 3. The highest BCUT2D eigenvalue weighted by molar-refractivity contribution is 7.89. The first-order valence-electron chi connectivity index (χ1n) is 9.96. The van der Waals surface area contributed by atoms with Crippen molar-refractivity contribution in [1.82, 2.24) is 9.62 Å². The number of amides is 1. The van der Waals surface area contributed by atoms with E-state index in [1.165, 1.54) is 17.0 Å². The van der Waals surface area contributed by atoms with Gasteiger partial charge in [-0.3, -0.25) is 4.79 Å². The van der Waals surface area contributed by atoms with E-state index in [-0.39, 0.29) is 42.2 Å². The van der Waals surface area contributed by atoms with Crippen molar-refractivity contribution in [2.45, 2.75) is 11.1 Å². The van der Waals surface area contributed by atoms with Crippen LogP contribution in [0.5, 0.6) is 5.75 Å². The number of nitrogens with one attached hydrogen (secondary N) is 1. The fourth-order valence-electron chi connectivity index (χ4n) is 3.38. The summed E-state index contributed by atoms with van der Waals surface area (Å²) in [5, 5.41) is 8.85. The molecule has 1 aliphatic rings. The minimum atomic E-state index is -4.65. The highest BCUT2D eigenvalue weighted by Gasteiger charge is 2.31. The molecule has 1 heterocycles. The quantitative estimate of drug-likeness (QED) is 0.612. The van der Waals surface area contributed by atoms with Gasteiger partial charge in [0.2, 0.25) is 10.0 Å². The summed E-state index contributed by atoms with van der Waals surface area (Å²) in [5.74, 6) is -1.77. The molecule has 0 radical (unpaired) electrons. The van der Waals surface area contributed by atoms with Crippen molar-refractivity contribution in [3.8, 4) is 11.8 Å². The minimum Gasteiger partial charge on any atom is -0.483 e. The number of sulfonamides is 1. The molecule has 0 aromatic heterocycles. The van der Waals surface area contributed by atoms with Crippen LogP contribution in [0.1, 0.15) is 15.9 Å². The largest absolute Gasteiger partial charge is 0.483 e. The molecule has 1 aliphatic heterocycles. The zero-order valence-electron chi connectivity index (χ0n) is 17.9. The molecule has 182 valence electrons. The minimum absolute atomic E-state index is 0.0969. The number of carbonyl (C=O) groups is 1. The summed E-state index contributed by atoms with van der Waals surface area (Å²) in [6.45, 7) is -0.803. The number of carbonyl (C=O) groups excluding carboxylic acids is 1. The summed E-state index contributed by atoms with van der Waals surface area (Å²) in [6.07, 6.45) is -4.65. The van der Waals surface area contributed by atoms with Crippen LogP contribution < -0.4 is 14.4 Å². The van der Waals surface area contributed by atoms with Crippen LogP contribution in [0.3, 0.4) is 0 Å². The Bertz CT molecular complexity index is 1220. The molecule has 0 aliphatic carbocycles. The fraction of sp³-hybridized carbons (Fsp3) is 0.333. The summed E-state index contributed by atoms with van der Waals surface area (Å²) in [4.78, 5) is 16.0. The van der Waals surface area contributed by atoms with Crippen molar-refractivity contribution in [2.75, 3.05) is 44.7 Å². The first-order valence-corrected chi connectivity index (χ1v) is 11.4. The Balaban J connectivity index is 1.82. The third-order valence-electron chi connectivity index (χ3n) is 5.16. The summed E-state index contributed by atoms with van der Waals surface area (Å²) < 4.78 is 83.0. The van der Waals surface area contributed by atoms with Crippen LogP contribution in [0.25, 0.3) is 0 Å². The predicted octanol–water partition coefficient (Wildman–Crippen LogP) is 2.51. The van der Waals surface area contributed by atoms with E-state index in [9.17, 15) is 30.8 Å². The Labute approximate surface area is 193 Å². The average Bonchev–Trinajstić information content (AvgIpc) is 2.81. The van der Waals surface area contributed by atoms with E-state index in [0.717, 1.165) is 25.2 Å². The Kier molecular flexibility index (Phi) is 7.32. The van der Waals surface area contributed by atoms with Gasteiger partial charge in [0.15, 0.2) is 6.61 Å². The van der Waals surface area contributed by atoms with Gasteiger partial charge in [-0.1, -0.05) is 0 Å². The Hall–Kier alpha value is -3.37. The first-order chi connectivity index (χ1) is 15.9. The standard InChI is InChI=1S/C21H20F4N4O4S/c1-27-34(31,32)16-4-5-19(33-13-21(23,24)25)17(11-16)20(30)29-8-6-28(7-9-29)15-3-2-14(12-26)18(22)10-15/h2-5,10-11,27H,6-9,13H2,1H3. The lowest BCUT2D eigenvalue weighted by Crippen LogP contribution is -2.49. The van der Waals surface area contributed by atoms with Gasteiger partial charge < -0.3 is 14.5 Å². The zero-order valence-corrected chi connectivity index (χ0v) is 18.7. The lowest BCUT2D eigenvalue weighted by Gasteiger charge is -2.36. The second-order valence-electron chi connectivity index (χ2n) is 7.32. The molecule has 1 saturated heterocycles. The van der Waals surface area contributed by atoms with Gasteiger partial charge in [-0.25, -0.2) is 17.5 Å². The van der Waals surface area contributed by atoms with Crippen LogP contribution >= 0.6 is 0 Å². The Morgan fingerprint density at radius 1 is 1.15 bits per heavy atom. The fourth-order valence-corrected chi connectivity index (χ4v) is 4.13. The van der Waals surface area contributed by atoms with Gasteiger partial charge in [0, 0.05) is 31.9 Å². The van der Waals surface area contributed by atoms with E-state index in [0.29, 0.717) is 5.69 Å². The molecule has 34 heavy (non-hydrogen) atoms. The second kappa shape index (κ2) is 9.86. The number of hydrogen-bond acceptors (Lipinski definition) is 6. The molecule has 2 aromatic carbocycles. The summed E-state index contributed by atoms with van der Waals surface area (Å²) >= 11 is 0. The number of piperazine rings is 1. The molecule has 0 saturated carbocycles. The zero-order chi connectivity index (χ0) is 25.1. The van der Waals surface area contributed by atoms with Gasteiger partial charge in [0.25, 0.3) is 5.91 Å². The van der Waals surface area contributed by atoms with E-state index in [4.69, 9.17) is 10.00 Å². The number of ether oxygens (including phenoxy) is 1. The molecule has 1 fully saturated rings. The molecule has 1 amide bonds. The molecule has 0 unspecified atom stereocenters. The van der Waals surface area contributed by atoms with Crippen LogP contribution in [0, 0.1) is 17.1 Å². The van der Waals surface area contributed by atoms with Crippen molar-refractivity contribution >= 4 is 21.6 Å². The average molecular weight is 500 g/mol. The number of rotatable bonds is 6. The van der Waals surface area contributed by atoms with Crippen molar-refractivity contribution in [2.24, 2.45) is 0 Å². The monoisotopic (exact) mass is 500 g/mol. The Morgan fingerprint density at radius 3 is 2.38 bits per heavy atom. The third-order valence-corrected chi connectivity index (χ3v) is 6.57. The van der Waals surface area contributed by atoms with Crippen molar-refractivity contribution in [1.29, 1.82) is 5.26 Å². The molecule has 3 rings (SSSR count). The smallest absolute Gasteiger partial charge is 0.422 e. The highest BCUT2D eigenvalue weighted by atomic mass is 32.2. The molecule has 2 aromatic rings. The SMILES string of the molecule is CNS(=O)(=O)c1ccc(OCC(F)(F)F)c(C(=O)N2CCN(c3ccc(C#N)c(F)c3)CC2)c1. The van der Waals surface area contributed by atoms with Gasteiger partial charge in [-0.05, 0) is 43.4 Å². The van der Waals surface area contributed by atoms with Crippen molar-refractivity contribution in [3.63, 3.8) is 0 Å². The van der Waals surface area contributed by atoms with Gasteiger partial charge in [-0.15, -0.1) is 0 Å². The molecular formula is C21H20F4N4O4S. The molecule has 0 atom stereocenters. The van der Waals surface area contributed by atoms with E-state index in [1.807, 2.05) is 0 Å². The molecule has 0 bridgehead atoms. The van der Waals surface area contributed by atoms with Crippen LogP contribution in [0.15, 0.2) is 41.3 Å². The van der Waals surface area contributed by atoms with Gasteiger partial charge in [0.05, 0.1) is 16.0 Å². The van der Waals surface area contributed by atoms with Gasteiger partial charge in [0.1, 0.15) is 17.6 Å². The maximum Gasteiger partial charge on any atom is 0.422 e. The lowest BCUT2D eigenvalue weighted by molar-refractivity contribution is -0.153. The van der Waals surface area contributed by atoms with E-state index < -0.39 is 40.3 Å². The van der Waals surface area contributed by atoms with Crippen molar-refractivity contribution in [3.05, 3.63) is 53.3 Å². The third kappa shape index (κ3) is 5.75. The molecule has 1 N–H and O–H groups in total. The number of anilines is 1. The van der Waals surface area contributed by atoms with E-state index >= 15 is 0 Å². The number of halogens is 4. The highest BCUT2D eigenvalue weighted by Crippen LogP contribution is 2.28. The van der Waals surface area contributed by atoms with Crippen LogP contribution in [0.4, 0.5) is 23.2 Å². The lowest BCUT2D eigenvalue weighted by atomic mass is 10.1. The van der Waals surface area contributed by atoms with E-state index in [2.05, 4.69) is 4.72 Å². The number of nitriles is 1. The topological polar surface area (TPSA) is 103 Å². The molecule has 8 nitrogen and oxygen atoms in total. The molecular weight excluding hydrogens is 480 g/mol. The molecule has 13 heteroatoms. The van der Waals surface area contributed by atoms with Crippen LogP contribution in [-0.2, 0) is 10.0 Å². The van der Waals surface area contributed by atoms with Gasteiger partial charge >= 0.3 is 6.18 Å². The van der Waals surface area contributed by atoms with E-state index in [1.54, 1.807) is 17.0 Å². The number of hydrogen-bond donors (Lipinski definition) is 1. The summed E-state index contributed by atoms with van der Waals surface area (Å²) in [6, 6.07) is 8.91. The van der Waals surface area contributed by atoms with Crippen LogP contribution in [-0.4, -0.2) is 65.2 Å². The van der Waals surface area contributed by atoms with Gasteiger partial charge in [-0.2, -0.15) is 18.4 Å². The Morgan fingerprint density at radius 2 is 1.82 bits per heavy atom. The maximum atomic E-state index is 13.9. The summed E-state index contributed by atoms with van der Waals surface area (Å²) in [5.41, 5.74) is 0.0960. The number of benzene rings is 2. The maximum absolute atomic E-state index is 13.9. The normalized spacial score (nSPS) is 14.6. The first kappa shape index (κ1) is 25.3. The molecule has 0 spiro atoms. The predicted molar refractivity (Wildman–Crippen MR) is 113 cm³/mol. The van der Waals surface area contributed by atoms with Crippen LogP contribution in [0.2, 0.25) is 0 Å². The number of alkyl halides is 3. The summed E-state index contributed by atoms with van der Waals surface area (Å²) in [7, 11) is -2.80.